The minimum Gasteiger partial charge on any atom is -0.396 e. The molecule has 1 aliphatic heterocycles. The molecule has 2 heterocycles. The molecule has 0 aromatic carbocycles. The summed E-state index contributed by atoms with van der Waals surface area (Å²) in [5, 5.41) is 9.05. The van der Waals surface area contributed by atoms with Gasteiger partial charge in [0.1, 0.15) is 0 Å². The van der Waals surface area contributed by atoms with Gasteiger partial charge in [0.2, 0.25) is 5.91 Å². The molecular formula is C10H12BrN3O2. The van der Waals surface area contributed by atoms with Gasteiger partial charge in [-0.05, 0) is 15.9 Å². The molecule has 1 saturated heterocycles. The number of nitrogens with two attached hydrogens (primary N) is 1. The van der Waals surface area contributed by atoms with Crippen molar-refractivity contribution in [3.63, 3.8) is 0 Å². The third-order valence-corrected chi connectivity index (χ3v) is 3.21. The summed E-state index contributed by atoms with van der Waals surface area (Å²) in [5.41, 5.74) is 6.91. The van der Waals surface area contributed by atoms with Crippen molar-refractivity contribution in [3.8, 4) is 0 Å². The Bertz CT molecular complexity index is 404. The van der Waals surface area contributed by atoms with E-state index in [0.717, 1.165) is 0 Å². The van der Waals surface area contributed by atoms with Crippen LogP contribution in [-0.2, 0) is 4.79 Å². The first kappa shape index (κ1) is 11.3. The van der Waals surface area contributed by atoms with E-state index in [1.165, 1.54) is 6.20 Å². The largest absolute Gasteiger partial charge is 0.396 e. The van der Waals surface area contributed by atoms with Crippen molar-refractivity contribution in [2.45, 2.75) is 6.42 Å². The molecule has 1 fully saturated rings. The van der Waals surface area contributed by atoms with E-state index >= 15 is 0 Å². The predicted molar refractivity (Wildman–Crippen MR) is 63.9 cm³/mol. The van der Waals surface area contributed by atoms with E-state index < -0.39 is 0 Å². The van der Waals surface area contributed by atoms with Crippen LogP contribution >= 0.6 is 15.9 Å². The Balaban J connectivity index is 2.35. The first-order valence-corrected chi connectivity index (χ1v) is 5.73. The quantitative estimate of drug-likeness (QED) is 0.841. The van der Waals surface area contributed by atoms with Crippen LogP contribution in [0.2, 0.25) is 0 Å². The number of hydrogen-bond donors (Lipinski definition) is 2. The molecule has 1 aliphatic rings. The van der Waals surface area contributed by atoms with Crippen molar-refractivity contribution in [1.29, 1.82) is 0 Å². The van der Waals surface area contributed by atoms with Gasteiger partial charge in [-0.1, -0.05) is 0 Å². The van der Waals surface area contributed by atoms with E-state index in [0.29, 0.717) is 28.8 Å². The second-order valence-corrected chi connectivity index (χ2v) is 4.67. The Morgan fingerprint density at radius 3 is 2.94 bits per heavy atom. The summed E-state index contributed by atoms with van der Waals surface area (Å²) in [5.74, 6) is -0.0235. The molecule has 5 nitrogen and oxygen atoms in total. The van der Waals surface area contributed by atoms with Gasteiger partial charge in [0.05, 0.1) is 22.0 Å². The van der Waals surface area contributed by atoms with Crippen molar-refractivity contribution >= 4 is 33.2 Å². The van der Waals surface area contributed by atoms with Crippen molar-refractivity contribution in [3.05, 3.63) is 16.9 Å². The number of aliphatic hydroxyl groups is 1. The topological polar surface area (TPSA) is 79.4 Å². The minimum atomic E-state index is -0.0161. The van der Waals surface area contributed by atoms with Gasteiger partial charge >= 0.3 is 0 Å². The second kappa shape index (κ2) is 4.39. The summed E-state index contributed by atoms with van der Waals surface area (Å²) < 4.78 is 0.694. The molecule has 1 aromatic heterocycles. The van der Waals surface area contributed by atoms with Gasteiger partial charge in [0.25, 0.3) is 0 Å². The molecule has 1 amide bonds. The van der Waals surface area contributed by atoms with Crippen LogP contribution in [0.5, 0.6) is 0 Å². The minimum absolute atomic E-state index is 0.00744. The van der Waals surface area contributed by atoms with Gasteiger partial charge < -0.3 is 15.7 Å². The van der Waals surface area contributed by atoms with E-state index in [-0.39, 0.29) is 18.4 Å². The highest BCUT2D eigenvalue weighted by Gasteiger charge is 2.32. The highest BCUT2D eigenvalue weighted by Crippen LogP contribution is 2.35. The first-order valence-electron chi connectivity index (χ1n) is 4.93. The number of anilines is 2. The Hall–Kier alpha value is -1.14. The lowest BCUT2D eigenvalue weighted by molar-refractivity contribution is -0.117. The number of aliphatic hydroxyl groups excluding tert-OH is 1. The zero-order chi connectivity index (χ0) is 11.7. The molecule has 0 radical (unpaired) electrons. The molecule has 3 N–H and O–H groups in total. The standard InChI is InChI=1S/C10H12BrN3O2/c11-7-2-13-3-8(12)10(7)14-4-6(5-15)1-9(14)16/h2-3,6,15H,1,4-5,12H2. The fraction of sp³-hybridized carbons (Fsp3) is 0.400. The van der Waals surface area contributed by atoms with Crippen molar-refractivity contribution in [1.82, 2.24) is 4.98 Å². The molecule has 1 unspecified atom stereocenters. The monoisotopic (exact) mass is 285 g/mol. The van der Waals surface area contributed by atoms with E-state index in [1.807, 2.05) is 0 Å². The normalized spacial score (nSPS) is 20.5. The van der Waals surface area contributed by atoms with Crippen LogP contribution in [0.4, 0.5) is 11.4 Å². The van der Waals surface area contributed by atoms with E-state index in [4.69, 9.17) is 10.8 Å². The lowest BCUT2D eigenvalue weighted by Crippen LogP contribution is -2.26. The number of rotatable bonds is 2. The number of hydrogen-bond acceptors (Lipinski definition) is 4. The van der Waals surface area contributed by atoms with Crippen LogP contribution in [0, 0.1) is 5.92 Å². The maximum Gasteiger partial charge on any atom is 0.227 e. The SMILES string of the molecule is Nc1cncc(Br)c1N1CC(CO)CC1=O. The van der Waals surface area contributed by atoms with Crippen molar-refractivity contribution < 1.29 is 9.90 Å². The average Bonchev–Trinajstić information content (AvgIpc) is 2.60. The number of amides is 1. The average molecular weight is 286 g/mol. The molecule has 0 spiro atoms. The molecule has 1 aromatic rings. The van der Waals surface area contributed by atoms with Crippen LogP contribution in [-0.4, -0.2) is 29.1 Å². The van der Waals surface area contributed by atoms with E-state index in [9.17, 15) is 4.79 Å². The molecule has 2 rings (SSSR count). The van der Waals surface area contributed by atoms with E-state index in [2.05, 4.69) is 20.9 Å². The number of nitrogen functional groups attached to an aromatic ring is 1. The zero-order valence-corrected chi connectivity index (χ0v) is 10.1. The Morgan fingerprint density at radius 2 is 2.38 bits per heavy atom. The molecule has 0 saturated carbocycles. The number of carbonyl (C=O) groups excluding carboxylic acids is 1. The lowest BCUT2D eigenvalue weighted by Gasteiger charge is -2.19. The summed E-state index contributed by atoms with van der Waals surface area (Å²) in [6.45, 7) is 0.521. The zero-order valence-electron chi connectivity index (χ0n) is 8.56. The lowest BCUT2D eigenvalue weighted by atomic mass is 10.1. The van der Waals surface area contributed by atoms with Gasteiger partial charge in [0, 0.05) is 31.7 Å². The second-order valence-electron chi connectivity index (χ2n) is 3.82. The number of halogens is 1. The molecule has 1 atom stereocenters. The Kier molecular flexibility index (Phi) is 3.11. The van der Waals surface area contributed by atoms with Gasteiger partial charge in [-0.25, -0.2) is 0 Å². The van der Waals surface area contributed by atoms with Crippen molar-refractivity contribution in [2.75, 3.05) is 23.8 Å². The highest BCUT2D eigenvalue weighted by molar-refractivity contribution is 9.10. The molecular weight excluding hydrogens is 274 g/mol. The van der Waals surface area contributed by atoms with Gasteiger partial charge in [-0.3, -0.25) is 9.78 Å². The third kappa shape index (κ3) is 1.90. The number of pyridine rings is 1. The summed E-state index contributed by atoms with van der Waals surface area (Å²) in [7, 11) is 0. The molecule has 0 aliphatic carbocycles. The smallest absolute Gasteiger partial charge is 0.227 e. The fourth-order valence-corrected chi connectivity index (χ4v) is 2.41. The van der Waals surface area contributed by atoms with Crippen LogP contribution in [0.15, 0.2) is 16.9 Å². The Labute approximate surface area is 101 Å². The summed E-state index contributed by atoms with van der Waals surface area (Å²) in [6, 6.07) is 0. The molecule has 6 heteroatoms. The fourth-order valence-electron chi connectivity index (χ4n) is 1.85. The van der Waals surface area contributed by atoms with E-state index in [1.54, 1.807) is 11.1 Å². The summed E-state index contributed by atoms with van der Waals surface area (Å²) in [4.78, 5) is 17.3. The highest BCUT2D eigenvalue weighted by atomic mass is 79.9. The van der Waals surface area contributed by atoms with Crippen LogP contribution in [0.3, 0.4) is 0 Å². The Morgan fingerprint density at radius 1 is 1.62 bits per heavy atom. The number of nitrogens with zero attached hydrogens (tertiary/aromatic N) is 2. The molecule has 0 bridgehead atoms. The maximum atomic E-state index is 11.8. The summed E-state index contributed by atoms with van der Waals surface area (Å²) >= 11 is 3.33. The first-order chi connectivity index (χ1) is 7.63. The maximum absolute atomic E-state index is 11.8. The van der Waals surface area contributed by atoms with Gasteiger partial charge in [-0.2, -0.15) is 0 Å². The van der Waals surface area contributed by atoms with Crippen LogP contribution < -0.4 is 10.6 Å². The van der Waals surface area contributed by atoms with Gasteiger partial charge in [-0.15, -0.1) is 0 Å². The van der Waals surface area contributed by atoms with Crippen LogP contribution in [0.1, 0.15) is 6.42 Å². The summed E-state index contributed by atoms with van der Waals surface area (Å²) in [6.07, 6.45) is 3.48. The van der Waals surface area contributed by atoms with Crippen LogP contribution in [0.25, 0.3) is 0 Å². The number of carbonyl (C=O) groups is 1. The van der Waals surface area contributed by atoms with Gasteiger partial charge in [0.15, 0.2) is 0 Å². The third-order valence-electron chi connectivity index (χ3n) is 2.63. The molecule has 86 valence electrons. The number of aromatic nitrogens is 1. The molecule has 16 heavy (non-hydrogen) atoms. The van der Waals surface area contributed by atoms with Crippen molar-refractivity contribution in [2.24, 2.45) is 5.92 Å². The predicted octanol–water partition coefficient (Wildman–Crippen LogP) is 0.772.